The van der Waals surface area contributed by atoms with Crippen LogP contribution in [0.1, 0.15) is 50.7 Å². The van der Waals surface area contributed by atoms with Crippen LogP contribution in [0.5, 0.6) is 0 Å². The number of carbonyl (C=O) groups is 1. The molecule has 3 heteroatoms. The van der Waals surface area contributed by atoms with Crippen LogP contribution >= 0.6 is 0 Å². The van der Waals surface area contributed by atoms with E-state index >= 15 is 0 Å². The van der Waals surface area contributed by atoms with Gasteiger partial charge in [0.1, 0.15) is 11.5 Å². The zero-order valence-corrected chi connectivity index (χ0v) is 15.4. The Balaban J connectivity index is 1.89. The summed E-state index contributed by atoms with van der Waals surface area (Å²) in [5.41, 5.74) is 2.67. The second kappa shape index (κ2) is 7.30. The minimum absolute atomic E-state index is 0.201. The number of hydrogen-bond donors (Lipinski definition) is 0. The highest BCUT2D eigenvalue weighted by Gasteiger charge is 2.28. The van der Waals surface area contributed by atoms with Crippen molar-refractivity contribution in [2.45, 2.75) is 45.1 Å². The molecule has 1 fully saturated rings. The fraction of sp³-hybridized carbons (Fsp3) is 0.409. The van der Waals surface area contributed by atoms with Crippen molar-refractivity contribution in [1.29, 1.82) is 0 Å². The lowest BCUT2D eigenvalue weighted by Crippen LogP contribution is -2.28. The molecule has 0 amide bonds. The Morgan fingerprint density at radius 2 is 1.48 bits per heavy atom. The van der Waals surface area contributed by atoms with Crippen molar-refractivity contribution < 1.29 is 9.53 Å². The van der Waals surface area contributed by atoms with Gasteiger partial charge in [0.15, 0.2) is 0 Å². The number of hydrogen-bond acceptors (Lipinski definition) is 3. The van der Waals surface area contributed by atoms with Crippen molar-refractivity contribution in [1.82, 2.24) is 0 Å². The maximum absolute atomic E-state index is 12.9. The maximum Gasteiger partial charge on any atom is 0.318 e. The zero-order valence-electron chi connectivity index (χ0n) is 15.4. The average molecular weight is 337 g/mol. The third-order valence-corrected chi connectivity index (χ3v) is 4.47. The first kappa shape index (κ1) is 17.5. The van der Waals surface area contributed by atoms with Crippen LogP contribution in [-0.2, 0) is 9.53 Å². The summed E-state index contributed by atoms with van der Waals surface area (Å²) in [7, 11) is 0. The molecule has 2 aromatic rings. The van der Waals surface area contributed by atoms with Crippen LogP contribution in [0.25, 0.3) is 0 Å². The van der Waals surface area contributed by atoms with Gasteiger partial charge in [-0.05, 0) is 56.9 Å². The van der Waals surface area contributed by atoms with Gasteiger partial charge in [-0.15, -0.1) is 0 Å². The van der Waals surface area contributed by atoms with E-state index in [0.717, 1.165) is 24.2 Å². The van der Waals surface area contributed by atoms with Gasteiger partial charge in [-0.1, -0.05) is 42.5 Å². The second-order valence-corrected chi connectivity index (χ2v) is 7.66. The molecule has 1 atom stereocenters. The molecule has 3 rings (SSSR count). The fourth-order valence-electron chi connectivity index (χ4n) is 3.32. The summed E-state index contributed by atoms with van der Waals surface area (Å²) >= 11 is 0. The van der Waals surface area contributed by atoms with Crippen LogP contribution in [0.15, 0.2) is 54.6 Å². The Kier molecular flexibility index (Phi) is 5.12. The van der Waals surface area contributed by atoms with Crippen molar-refractivity contribution in [3.05, 3.63) is 65.7 Å². The number of rotatable bonds is 4. The Morgan fingerprint density at radius 1 is 0.920 bits per heavy atom. The molecule has 1 aliphatic rings. The van der Waals surface area contributed by atoms with E-state index in [1.165, 1.54) is 18.5 Å². The first-order valence-corrected chi connectivity index (χ1v) is 9.07. The predicted molar refractivity (Wildman–Crippen MR) is 102 cm³/mol. The largest absolute Gasteiger partial charge is 0.459 e. The van der Waals surface area contributed by atoms with E-state index in [9.17, 15) is 4.79 Å². The molecule has 2 aromatic carbocycles. The molecule has 0 saturated carbocycles. The molecular weight excluding hydrogens is 310 g/mol. The molecular formula is C22H27NO2. The quantitative estimate of drug-likeness (QED) is 0.753. The number of esters is 1. The van der Waals surface area contributed by atoms with E-state index in [2.05, 4.69) is 29.2 Å². The summed E-state index contributed by atoms with van der Waals surface area (Å²) in [4.78, 5) is 15.3. The van der Waals surface area contributed by atoms with Crippen LogP contribution in [0, 0.1) is 0 Å². The molecule has 0 N–H and O–H groups in total. The smallest absolute Gasteiger partial charge is 0.318 e. The van der Waals surface area contributed by atoms with Crippen LogP contribution in [0.3, 0.4) is 0 Å². The molecule has 1 unspecified atom stereocenters. The Hall–Kier alpha value is -2.29. The van der Waals surface area contributed by atoms with E-state index in [1.54, 1.807) is 0 Å². The van der Waals surface area contributed by atoms with Gasteiger partial charge < -0.3 is 9.64 Å². The van der Waals surface area contributed by atoms with Crippen LogP contribution < -0.4 is 4.90 Å². The molecule has 1 aliphatic heterocycles. The van der Waals surface area contributed by atoms with Gasteiger partial charge >= 0.3 is 5.97 Å². The van der Waals surface area contributed by atoms with E-state index < -0.39 is 11.5 Å². The summed E-state index contributed by atoms with van der Waals surface area (Å²) in [6.07, 6.45) is 2.51. The summed E-state index contributed by atoms with van der Waals surface area (Å²) in [5, 5.41) is 0. The minimum Gasteiger partial charge on any atom is -0.459 e. The van der Waals surface area contributed by atoms with Crippen molar-refractivity contribution in [2.75, 3.05) is 18.0 Å². The lowest BCUT2D eigenvalue weighted by atomic mass is 9.91. The number of anilines is 1. The van der Waals surface area contributed by atoms with E-state index in [-0.39, 0.29) is 5.97 Å². The molecule has 0 spiro atoms. The Morgan fingerprint density at radius 3 is 2.04 bits per heavy atom. The van der Waals surface area contributed by atoms with Gasteiger partial charge in [-0.25, -0.2) is 0 Å². The van der Waals surface area contributed by atoms with Gasteiger partial charge in [0.25, 0.3) is 0 Å². The summed E-state index contributed by atoms with van der Waals surface area (Å²) in [6.45, 7) is 7.96. The standard InChI is InChI=1S/C22H27NO2/c1-22(2,3)25-21(24)20(17-9-5-4-6-10-17)18-11-13-19(14-12-18)23-15-7-8-16-23/h4-6,9-14,20H,7-8,15-16H2,1-3H3. The monoisotopic (exact) mass is 337 g/mol. The summed E-state index contributed by atoms with van der Waals surface area (Å²) in [6, 6.07) is 18.3. The highest BCUT2D eigenvalue weighted by molar-refractivity contribution is 5.82. The van der Waals surface area contributed by atoms with E-state index in [1.807, 2.05) is 51.1 Å². The molecule has 1 heterocycles. The second-order valence-electron chi connectivity index (χ2n) is 7.66. The Labute approximate surface area is 150 Å². The van der Waals surface area contributed by atoms with Gasteiger partial charge in [0.2, 0.25) is 0 Å². The normalized spacial score (nSPS) is 15.9. The van der Waals surface area contributed by atoms with Crippen LogP contribution in [0.2, 0.25) is 0 Å². The van der Waals surface area contributed by atoms with E-state index in [0.29, 0.717) is 0 Å². The van der Waals surface area contributed by atoms with Crippen LogP contribution in [0.4, 0.5) is 5.69 Å². The number of carbonyl (C=O) groups excluding carboxylic acids is 1. The predicted octanol–water partition coefficient (Wildman–Crippen LogP) is 4.76. The molecule has 0 bridgehead atoms. The first-order valence-electron chi connectivity index (χ1n) is 9.07. The van der Waals surface area contributed by atoms with Gasteiger partial charge in [0.05, 0.1) is 0 Å². The molecule has 0 radical (unpaired) electrons. The molecule has 25 heavy (non-hydrogen) atoms. The molecule has 3 nitrogen and oxygen atoms in total. The molecule has 132 valence electrons. The maximum atomic E-state index is 12.9. The van der Waals surface area contributed by atoms with Crippen molar-refractivity contribution in [3.8, 4) is 0 Å². The molecule has 1 saturated heterocycles. The summed E-state index contributed by atoms with van der Waals surface area (Å²) < 4.78 is 5.69. The first-order chi connectivity index (χ1) is 11.9. The summed E-state index contributed by atoms with van der Waals surface area (Å²) in [5.74, 6) is -0.597. The van der Waals surface area contributed by atoms with Crippen LogP contribution in [-0.4, -0.2) is 24.7 Å². The highest BCUT2D eigenvalue weighted by atomic mass is 16.6. The topological polar surface area (TPSA) is 29.5 Å². The molecule has 0 aliphatic carbocycles. The SMILES string of the molecule is CC(C)(C)OC(=O)C(c1ccccc1)c1ccc(N2CCCC2)cc1. The van der Waals surface area contributed by atoms with Gasteiger partial charge in [-0.2, -0.15) is 0 Å². The van der Waals surface area contributed by atoms with Crippen molar-refractivity contribution in [2.24, 2.45) is 0 Å². The molecule has 0 aromatic heterocycles. The minimum atomic E-state index is -0.500. The van der Waals surface area contributed by atoms with Gasteiger partial charge in [-0.3, -0.25) is 4.79 Å². The zero-order chi connectivity index (χ0) is 17.9. The van der Waals surface area contributed by atoms with Crippen molar-refractivity contribution in [3.63, 3.8) is 0 Å². The fourth-order valence-corrected chi connectivity index (χ4v) is 3.32. The number of ether oxygens (including phenoxy) is 1. The third-order valence-electron chi connectivity index (χ3n) is 4.47. The average Bonchev–Trinajstić information content (AvgIpc) is 3.09. The van der Waals surface area contributed by atoms with E-state index in [4.69, 9.17) is 4.74 Å². The Bertz CT molecular complexity index is 695. The third kappa shape index (κ3) is 4.41. The lowest BCUT2D eigenvalue weighted by Gasteiger charge is -2.25. The van der Waals surface area contributed by atoms with Gasteiger partial charge in [0, 0.05) is 18.8 Å². The number of benzene rings is 2. The highest BCUT2D eigenvalue weighted by Crippen LogP contribution is 2.30. The van der Waals surface area contributed by atoms with Crippen molar-refractivity contribution >= 4 is 11.7 Å². The lowest BCUT2D eigenvalue weighted by molar-refractivity contribution is -0.155. The number of nitrogens with zero attached hydrogens (tertiary/aromatic N) is 1.